The molecular formula is C37H38O18. The molecule has 10 atom stereocenters. The number of carbonyl (C=O) groups excluding carboxylic acids is 1. The van der Waals surface area contributed by atoms with Crippen molar-refractivity contribution in [3.8, 4) is 40.1 Å². The molecule has 18 nitrogen and oxygen atoms in total. The third-order valence-corrected chi connectivity index (χ3v) is 9.28. The Kier molecular flexibility index (Phi) is 11.6. The molecule has 18 heteroatoms. The number of esters is 1. The van der Waals surface area contributed by atoms with E-state index in [2.05, 4.69) is 0 Å². The number of rotatable bonds is 10. The molecule has 2 saturated heterocycles. The van der Waals surface area contributed by atoms with Crippen LogP contribution in [0.1, 0.15) is 17.2 Å². The van der Waals surface area contributed by atoms with E-state index < -0.39 is 108 Å². The van der Waals surface area contributed by atoms with Gasteiger partial charge in [0.2, 0.25) is 0 Å². The van der Waals surface area contributed by atoms with Gasteiger partial charge in [0.15, 0.2) is 23.2 Å². The summed E-state index contributed by atoms with van der Waals surface area (Å²) < 4.78 is 33.3. The first kappa shape index (κ1) is 39.4. The Labute approximate surface area is 310 Å². The standard InChI is InChI=1S/C37H38O18/c1-50-22-10-16(5-8-18(22)40)21-11-19(41)27-23(52-21)12-20(42)28(31(27)46)35-36(33(48)29(44)24(13-38)53-35)55-37-34(49)32(47)30(45)25(54-37)14-51-26(43)9-4-15-2-6-17(39)7-3-15/h2-12,24-25,29-30,32-40,42,44-49H,13-14H2,1H3. The van der Waals surface area contributed by atoms with Crippen LogP contribution in [-0.4, -0.2) is 132 Å². The maximum Gasteiger partial charge on any atom is 0.330 e. The van der Waals surface area contributed by atoms with E-state index in [0.29, 0.717) is 11.1 Å². The number of methoxy groups -OCH3 is 1. The maximum absolute atomic E-state index is 13.4. The van der Waals surface area contributed by atoms with Crippen LogP contribution in [0.3, 0.4) is 0 Å². The number of phenolic OH excluding ortho intramolecular Hbond substituents is 4. The minimum atomic E-state index is -2.03. The van der Waals surface area contributed by atoms with E-state index in [1.54, 1.807) is 0 Å². The summed E-state index contributed by atoms with van der Waals surface area (Å²) >= 11 is 0. The van der Waals surface area contributed by atoms with Crippen molar-refractivity contribution in [1.82, 2.24) is 0 Å². The molecular weight excluding hydrogens is 732 g/mol. The van der Waals surface area contributed by atoms with Crippen LogP contribution >= 0.6 is 0 Å². The zero-order valence-corrected chi connectivity index (χ0v) is 28.8. The molecule has 10 unspecified atom stereocenters. The number of fused-ring (bicyclic) bond motifs is 1. The summed E-state index contributed by atoms with van der Waals surface area (Å²) in [7, 11) is 1.32. The highest BCUT2D eigenvalue weighted by Gasteiger charge is 2.52. The number of benzene rings is 3. The Morgan fingerprint density at radius 2 is 1.53 bits per heavy atom. The monoisotopic (exact) mass is 770 g/mol. The first-order valence-electron chi connectivity index (χ1n) is 16.7. The van der Waals surface area contributed by atoms with Crippen LogP contribution in [-0.2, 0) is 23.7 Å². The minimum Gasteiger partial charge on any atom is -0.508 e. The van der Waals surface area contributed by atoms with Gasteiger partial charge in [-0.2, -0.15) is 0 Å². The molecule has 0 bridgehead atoms. The van der Waals surface area contributed by atoms with Crippen molar-refractivity contribution in [3.63, 3.8) is 0 Å². The number of aliphatic hydroxyl groups is 6. The summed E-state index contributed by atoms with van der Waals surface area (Å²) in [5.41, 5.74) is -0.841. The Hall–Kier alpha value is -5.28. The fourth-order valence-electron chi connectivity index (χ4n) is 6.32. The van der Waals surface area contributed by atoms with Crippen LogP contribution in [0.2, 0.25) is 0 Å². The van der Waals surface area contributed by atoms with Gasteiger partial charge >= 0.3 is 5.97 Å². The van der Waals surface area contributed by atoms with Gasteiger partial charge in [0, 0.05) is 23.8 Å². The maximum atomic E-state index is 13.4. The van der Waals surface area contributed by atoms with Crippen LogP contribution in [0.15, 0.2) is 69.9 Å². The summed E-state index contributed by atoms with van der Waals surface area (Å²) in [5.74, 6) is -2.68. The Balaban J connectivity index is 1.28. The molecule has 0 saturated carbocycles. The number of carbonyl (C=O) groups is 1. The van der Waals surface area contributed by atoms with E-state index in [9.17, 15) is 60.7 Å². The lowest BCUT2D eigenvalue weighted by Gasteiger charge is -2.46. The molecule has 55 heavy (non-hydrogen) atoms. The van der Waals surface area contributed by atoms with Crippen LogP contribution in [0.5, 0.6) is 28.7 Å². The zero-order valence-electron chi connectivity index (χ0n) is 28.8. The molecule has 294 valence electrons. The van der Waals surface area contributed by atoms with E-state index in [1.165, 1.54) is 55.7 Å². The molecule has 2 aliphatic heterocycles. The van der Waals surface area contributed by atoms with Crippen molar-refractivity contribution < 1.29 is 84.0 Å². The van der Waals surface area contributed by atoms with Crippen molar-refractivity contribution in [2.45, 2.75) is 61.2 Å². The molecule has 1 aromatic heterocycles. The van der Waals surface area contributed by atoms with E-state index in [-0.39, 0.29) is 28.6 Å². The average molecular weight is 771 g/mol. The SMILES string of the molecule is COc1cc(-c2cc(=O)c3c(O)c(C4OC(CO)C(O)C(O)C4OC4OC(COC(=O)C=Cc5ccc(O)cc5)C(O)C(O)C4O)c(O)cc3o2)ccc1O. The second-order valence-electron chi connectivity index (χ2n) is 12.8. The average Bonchev–Trinajstić information content (AvgIpc) is 3.16. The second kappa shape index (κ2) is 16.2. The summed E-state index contributed by atoms with van der Waals surface area (Å²) in [4.78, 5) is 25.8. The number of aliphatic hydroxyl groups excluding tert-OH is 6. The van der Waals surface area contributed by atoms with Crippen molar-refractivity contribution >= 4 is 23.0 Å². The van der Waals surface area contributed by atoms with Gasteiger partial charge in [-0.25, -0.2) is 4.79 Å². The fourth-order valence-corrected chi connectivity index (χ4v) is 6.32. The molecule has 10 N–H and O–H groups in total. The third kappa shape index (κ3) is 7.94. The van der Waals surface area contributed by atoms with Gasteiger partial charge in [-0.3, -0.25) is 4.79 Å². The minimum absolute atomic E-state index is 0.0173. The first-order chi connectivity index (χ1) is 26.2. The predicted octanol–water partition coefficient (Wildman–Crippen LogP) is -0.106. The number of phenols is 4. The van der Waals surface area contributed by atoms with Crippen molar-refractivity contribution in [3.05, 3.63) is 82.0 Å². The Bertz CT molecular complexity index is 2100. The molecule has 2 aliphatic rings. The highest BCUT2D eigenvalue weighted by atomic mass is 16.7. The van der Waals surface area contributed by atoms with Crippen molar-refractivity contribution in [2.24, 2.45) is 0 Å². The lowest BCUT2D eigenvalue weighted by molar-refractivity contribution is -0.342. The summed E-state index contributed by atoms with van der Waals surface area (Å²) in [6.07, 6.45) is -16.0. The van der Waals surface area contributed by atoms with Crippen molar-refractivity contribution in [1.29, 1.82) is 0 Å². The van der Waals surface area contributed by atoms with Gasteiger partial charge in [0.05, 0.1) is 19.3 Å². The van der Waals surface area contributed by atoms with E-state index >= 15 is 0 Å². The van der Waals surface area contributed by atoms with E-state index in [0.717, 1.165) is 18.2 Å². The number of hydrogen-bond donors (Lipinski definition) is 10. The van der Waals surface area contributed by atoms with E-state index in [1.807, 2.05) is 0 Å². The number of aromatic hydroxyl groups is 4. The van der Waals surface area contributed by atoms with Crippen LogP contribution in [0, 0.1) is 0 Å². The van der Waals surface area contributed by atoms with Gasteiger partial charge in [0.25, 0.3) is 0 Å². The summed E-state index contributed by atoms with van der Waals surface area (Å²) in [6.45, 7) is -1.55. The fraction of sp³-hybridized carbons (Fsp3) is 0.351. The van der Waals surface area contributed by atoms with Gasteiger partial charge in [-0.1, -0.05) is 12.1 Å². The second-order valence-corrected chi connectivity index (χ2v) is 12.8. The van der Waals surface area contributed by atoms with Crippen LogP contribution in [0.25, 0.3) is 28.4 Å². The first-order valence-corrected chi connectivity index (χ1v) is 16.7. The molecule has 0 spiro atoms. The zero-order chi connectivity index (χ0) is 39.7. The molecule has 0 amide bonds. The lowest BCUT2D eigenvalue weighted by Crippen LogP contribution is -2.63. The van der Waals surface area contributed by atoms with Gasteiger partial charge in [-0.05, 0) is 42.0 Å². The predicted molar refractivity (Wildman–Crippen MR) is 186 cm³/mol. The Morgan fingerprint density at radius 3 is 2.22 bits per heavy atom. The molecule has 2 fully saturated rings. The van der Waals surface area contributed by atoms with Crippen LogP contribution < -0.4 is 10.2 Å². The highest BCUT2D eigenvalue weighted by Crippen LogP contribution is 2.46. The molecule has 6 rings (SSSR count). The molecule has 3 aromatic carbocycles. The van der Waals surface area contributed by atoms with E-state index in [4.69, 9.17) is 28.1 Å². The van der Waals surface area contributed by atoms with Crippen molar-refractivity contribution in [2.75, 3.05) is 20.3 Å². The largest absolute Gasteiger partial charge is 0.508 e. The number of ether oxygens (including phenoxy) is 5. The lowest BCUT2D eigenvalue weighted by atomic mass is 9.89. The molecule has 0 aliphatic carbocycles. The highest BCUT2D eigenvalue weighted by molar-refractivity contribution is 5.88. The molecule has 0 radical (unpaired) electrons. The number of hydrogen-bond acceptors (Lipinski definition) is 18. The summed E-state index contributed by atoms with van der Waals surface area (Å²) in [5, 5.41) is 106. The van der Waals surface area contributed by atoms with Gasteiger partial charge < -0.3 is 79.2 Å². The smallest absolute Gasteiger partial charge is 0.330 e. The normalized spacial score (nSPS) is 28.3. The molecule has 3 heterocycles. The topological polar surface area (TPSA) is 296 Å². The van der Waals surface area contributed by atoms with Gasteiger partial charge in [-0.15, -0.1) is 0 Å². The quantitative estimate of drug-likeness (QED) is 0.0743. The third-order valence-electron chi connectivity index (χ3n) is 9.28. The Morgan fingerprint density at radius 1 is 0.818 bits per heavy atom. The van der Waals surface area contributed by atoms with Crippen LogP contribution in [0.4, 0.5) is 0 Å². The molecule has 4 aromatic rings. The van der Waals surface area contributed by atoms with Gasteiger partial charge in [0.1, 0.15) is 95.5 Å². The summed E-state index contributed by atoms with van der Waals surface area (Å²) in [6, 6.07) is 12.0.